The largest absolute Gasteiger partial charge is 0.361 e. The van der Waals surface area contributed by atoms with Gasteiger partial charge in [-0.2, -0.15) is 0 Å². The second-order valence-corrected chi connectivity index (χ2v) is 11.7. The van der Waals surface area contributed by atoms with Crippen molar-refractivity contribution >= 4 is 17.1 Å². The van der Waals surface area contributed by atoms with Crippen molar-refractivity contribution in [1.82, 2.24) is 4.98 Å². The first-order valence-electron chi connectivity index (χ1n) is 14.7. The molecule has 2 nitrogen and oxygen atoms in total. The van der Waals surface area contributed by atoms with Crippen molar-refractivity contribution in [1.29, 1.82) is 0 Å². The van der Waals surface area contributed by atoms with Crippen LogP contribution in [0, 0.1) is 41.5 Å². The number of aryl methyl sites for hydroxylation is 6. The monoisotopic (exact) mass is 546 g/mol. The van der Waals surface area contributed by atoms with E-state index in [-0.39, 0.29) is 0 Å². The van der Waals surface area contributed by atoms with E-state index in [4.69, 9.17) is 0 Å². The smallest absolute Gasteiger partial charge is 0.0491 e. The summed E-state index contributed by atoms with van der Waals surface area (Å²) in [6.07, 6.45) is 2.11. The van der Waals surface area contributed by atoms with Gasteiger partial charge in [0, 0.05) is 34.5 Å². The Morgan fingerprint density at radius 3 is 1.43 bits per heavy atom. The molecule has 0 atom stereocenters. The molecule has 0 saturated heterocycles. The molecular weight excluding hydrogens is 508 g/mol. The van der Waals surface area contributed by atoms with Crippen LogP contribution in [0.4, 0.5) is 17.1 Å². The third-order valence-corrected chi connectivity index (χ3v) is 8.22. The van der Waals surface area contributed by atoms with Crippen LogP contribution in [0.3, 0.4) is 0 Å². The number of anilines is 3. The second kappa shape index (κ2) is 11.2. The van der Waals surface area contributed by atoms with E-state index < -0.39 is 0 Å². The van der Waals surface area contributed by atoms with Crippen molar-refractivity contribution in [3.05, 3.63) is 149 Å². The van der Waals surface area contributed by atoms with Crippen molar-refractivity contribution in [2.45, 2.75) is 41.5 Å². The molecule has 2 heteroatoms. The van der Waals surface area contributed by atoms with Gasteiger partial charge in [0.15, 0.2) is 0 Å². The molecule has 6 aromatic rings. The van der Waals surface area contributed by atoms with Crippen molar-refractivity contribution in [2.24, 2.45) is 0 Å². The molecule has 1 N–H and O–H groups in total. The zero-order valence-electron chi connectivity index (χ0n) is 25.4. The number of nitrogens with one attached hydrogen (secondary N) is 1. The van der Waals surface area contributed by atoms with Gasteiger partial charge in [-0.05, 0) is 111 Å². The van der Waals surface area contributed by atoms with Crippen LogP contribution in [0.1, 0.15) is 33.4 Å². The molecule has 5 aromatic carbocycles. The normalized spacial score (nSPS) is 11.1. The van der Waals surface area contributed by atoms with Crippen LogP contribution in [0.2, 0.25) is 0 Å². The predicted octanol–water partition coefficient (Wildman–Crippen LogP) is 11.3. The molecule has 42 heavy (non-hydrogen) atoms. The van der Waals surface area contributed by atoms with E-state index in [2.05, 4.69) is 167 Å². The molecule has 0 aliphatic rings. The minimum Gasteiger partial charge on any atom is -0.361 e. The first kappa shape index (κ1) is 27.4. The molecular formula is C40H38N2. The highest BCUT2D eigenvalue weighted by Gasteiger charge is 2.17. The van der Waals surface area contributed by atoms with Crippen LogP contribution in [-0.2, 0) is 0 Å². The van der Waals surface area contributed by atoms with Gasteiger partial charge in [0.25, 0.3) is 0 Å². The Balaban J connectivity index is 1.29. The first-order valence-corrected chi connectivity index (χ1v) is 14.7. The summed E-state index contributed by atoms with van der Waals surface area (Å²) in [5.74, 6) is 0. The Kier molecular flexibility index (Phi) is 7.31. The van der Waals surface area contributed by atoms with E-state index in [0.717, 1.165) is 11.4 Å². The lowest BCUT2D eigenvalue weighted by molar-refractivity contribution is 1.21. The SMILES string of the molecule is Cc1ccc(-c2c[nH]c(-c3ccc(-c4ccc(N(c5ccc(C)cc5C)c5ccc(C)cc5C)cc4)cc3)c2)c(C)c1. The number of rotatable bonds is 6. The highest BCUT2D eigenvalue weighted by atomic mass is 15.1. The second-order valence-electron chi connectivity index (χ2n) is 11.7. The van der Waals surface area contributed by atoms with Gasteiger partial charge in [0.1, 0.15) is 0 Å². The van der Waals surface area contributed by atoms with Crippen molar-refractivity contribution < 1.29 is 0 Å². The first-order chi connectivity index (χ1) is 20.3. The third-order valence-electron chi connectivity index (χ3n) is 8.22. The molecule has 0 radical (unpaired) electrons. The Morgan fingerprint density at radius 2 is 0.905 bits per heavy atom. The highest BCUT2D eigenvalue weighted by Crippen LogP contribution is 2.39. The van der Waals surface area contributed by atoms with E-state index in [1.54, 1.807) is 0 Å². The molecule has 0 bridgehead atoms. The van der Waals surface area contributed by atoms with Crippen molar-refractivity contribution in [2.75, 3.05) is 4.90 Å². The summed E-state index contributed by atoms with van der Waals surface area (Å²) >= 11 is 0. The Bertz CT molecular complexity index is 1820. The van der Waals surface area contributed by atoms with Crippen LogP contribution in [0.5, 0.6) is 0 Å². The van der Waals surface area contributed by atoms with E-state index in [9.17, 15) is 0 Å². The number of aromatic nitrogens is 1. The number of H-pyrrole nitrogens is 1. The zero-order chi connectivity index (χ0) is 29.4. The highest BCUT2D eigenvalue weighted by molar-refractivity contribution is 5.82. The third kappa shape index (κ3) is 5.41. The summed E-state index contributed by atoms with van der Waals surface area (Å²) < 4.78 is 0. The summed E-state index contributed by atoms with van der Waals surface area (Å²) in [6.45, 7) is 13.0. The minimum absolute atomic E-state index is 1.13. The molecule has 0 amide bonds. The fraction of sp³-hybridized carbons (Fsp3) is 0.150. The zero-order valence-corrected chi connectivity index (χ0v) is 25.4. The molecule has 1 aromatic heterocycles. The maximum atomic E-state index is 3.48. The minimum atomic E-state index is 1.13. The van der Waals surface area contributed by atoms with Gasteiger partial charge in [-0.3, -0.25) is 0 Å². The summed E-state index contributed by atoms with van der Waals surface area (Å²) in [7, 11) is 0. The summed E-state index contributed by atoms with van der Waals surface area (Å²) in [6, 6.07) is 40.1. The number of benzene rings is 5. The number of aromatic amines is 1. The van der Waals surface area contributed by atoms with Gasteiger partial charge in [-0.1, -0.05) is 95.6 Å². The topological polar surface area (TPSA) is 19.0 Å². The van der Waals surface area contributed by atoms with E-state index in [1.165, 1.54) is 72.6 Å². The number of hydrogen-bond acceptors (Lipinski definition) is 1. The number of hydrogen-bond donors (Lipinski definition) is 1. The predicted molar refractivity (Wildman–Crippen MR) is 180 cm³/mol. The molecule has 0 spiro atoms. The molecule has 0 saturated carbocycles. The molecule has 0 aliphatic heterocycles. The lowest BCUT2D eigenvalue weighted by Gasteiger charge is -2.29. The average Bonchev–Trinajstić information content (AvgIpc) is 3.46. The molecule has 208 valence electrons. The summed E-state index contributed by atoms with van der Waals surface area (Å²) in [4.78, 5) is 5.87. The van der Waals surface area contributed by atoms with Gasteiger partial charge in [-0.15, -0.1) is 0 Å². The molecule has 0 unspecified atom stereocenters. The summed E-state index contributed by atoms with van der Waals surface area (Å²) in [5.41, 5.74) is 18.4. The fourth-order valence-electron chi connectivity index (χ4n) is 6.02. The molecule has 6 rings (SSSR count). The van der Waals surface area contributed by atoms with Crippen LogP contribution in [0.15, 0.2) is 115 Å². The van der Waals surface area contributed by atoms with Crippen LogP contribution in [0.25, 0.3) is 33.5 Å². The van der Waals surface area contributed by atoms with Gasteiger partial charge in [0.2, 0.25) is 0 Å². The van der Waals surface area contributed by atoms with Gasteiger partial charge < -0.3 is 9.88 Å². The maximum absolute atomic E-state index is 3.48. The van der Waals surface area contributed by atoms with Gasteiger partial charge in [-0.25, -0.2) is 0 Å². The Hall–Kier alpha value is -4.82. The quantitative estimate of drug-likeness (QED) is 0.220. The van der Waals surface area contributed by atoms with Crippen molar-refractivity contribution in [3.63, 3.8) is 0 Å². The number of nitrogens with zero attached hydrogens (tertiary/aromatic N) is 1. The van der Waals surface area contributed by atoms with Crippen molar-refractivity contribution in [3.8, 4) is 33.5 Å². The molecule has 1 heterocycles. The fourth-order valence-corrected chi connectivity index (χ4v) is 6.02. The van der Waals surface area contributed by atoms with E-state index >= 15 is 0 Å². The molecule has 0 fully saturated rings. The standard InChI is InChI=1S/C40H38N2/c1-26-7-18-37(29(4)21-26)35-24-38(41-25-35)34-12-10-32(11-13-34)33-14-16-36(17-15-33)42(39-19-8-27(2)22-30(39)5)40-20-9-28(3)23-31(40)6/h7-25,41H,1-6H3. The van der Waals surface area contributed by atoms with E-state index in [1.807, 2.05) is 0 Å². The summed E-state index contributed by atoms with van der Waals surface area (Å²) in [5, 5.41) is 0. The Labute approximate surface area is 250 Å². The van der Waals surface area contributed by atoms with Gasteiger partial charge >= 0.3 is 0 Å². The van der Waals surface area contributed by atoms with Crippen LogP contribution >= 0.6 is 0 Å². The lowest BCUT2D eigenvalue weighted by Crippen LogP contribution is -2.12. The molecule has 0 aliphatic carbocycles. The average molecular weight is 547 g/mol. The maximum Gasteiger partial charge on any atom is 0.0491 e. The van der Waals surface area contributed by atoms with Gasteiger partial charge in [0.05, 0.1) is 0 Å². The lowest BCUT2D eigenvalue weighted by atomic mass is 9.99. The van der Waals surface area contributed by atoms with Crippen LogP contribution < -0.4 is 4.90 Å². The van der Waals surface area contributed by atoms with Crippen LogP contribution in [-0.4, -0.2) is 4.98 Å². The van der Waals surface area contributed by atoms with E-state index in [0.29, 0.717) is 0 Å². The Morgan fingerprint density at radius 1 is 0.429 bits per heavy atom.